The number of amides is 1. The van der Waals surface area contributed by atoms with Gasteiger partial charge in [0.05, 0.1) is 12.6 Å². The number of nitrogens with two attached hydrogens (primary N) is 1. The molecule has 1 saturated heterocycles. The molecular weight excluding hydrogens is 282 g/mol. The third-order valence-electron chi connectivity index (χ3n) is 3.97. The van der Waals surface area contributed by atoms with E-state index in [9.17, 15) is 9.59 Å². The van der Waals surface area contributed by atoms with E-state index in [4.69, 9.17) is 10.6 Å². The standard InChI is InChI=1S/C16H23N3O3/c1-22-12-16(21)19(17)14-7-9-18(10-8-14)11-15(20)13-5-3-2-4-6-13/h2-6,14H,7-12,17H2,1H3. The highest BCUT2D eigenvalue weighted by molar-refractivity contribution is 5.97. The molecule has 6 heteroatoms. The Kier molecular flexibility index (Phi) is 6.06. The number of nitrogens with zero attached hydrogens (tertiary/aromatic N) is 2. The van der Waals surface area contributed by atoms with Crippen molar-refractivity contribution in [1.29, 1.82) is 0 Å². The molecule has 0 unspecified atom stereocenters. The smallest absolute Gasteiger partial charge is 0.262 e. The lowest BCUT2D eigenvalue weighted by molar-refractivity contribution is -0.138. The zero-order chi connectivity index (χ0) is 15.9. The quantitative estimate of drug-likeness (QED) is 0.362. The predicted molar refractivity (Wildman–Crippen MR) is 83.1 cm³/mol. The SMILES string of the molecule is COCC(=O)N(N)C1CCN(CC(=O)c2ccccc2)CC1. The van der Waals surface area contributed by atoms with Crippen LogP contribution in [0.3, 0.4) is 0 Å². The number of rotatable bonds is 6. The Morgan fingerprint density at radius 2 is 1.91 bits per heavy atom. The van der Waals surface area contributed by atoms with Crippen LogP contribution in [0.25, 0.3) is 0 Å². The molecule has 0 atom stereocenters. The molecule has 1 aromatic rings. The van der Waals surface area contributed by atoms with Crippen molar-refractivity contribution < 1.29 is 14.3 Å². The Labute approximate surface area is 130 Å². The van der Waals surface area contributed by atoms with E-state index >= 15 is 0 Å². The average Bonchev–Trinajstić information content (AvgIpc) is 2.56. The third kappa shape index (κ3) is 4.37. The van der Waals surface area contributed by atoms with E-state index in [0.29, 0.717) is 6.54 Å². The van der Waals surface area contributed by atoms with Crippen molar-refractivity contribution in [2.24, 2.45) is 5.84 Å². The maximum Gasteiger partial charge on any atom is 0.262 e. The van der Waals surface area contributed by atoms with Crippen molar-refractivity contribution in [3.63, 3.8) is 0 Å². The number of carbonyl (C=O) groups is 2. The number of hydrogen-bond donors (Lipinski definition) is 1. The first-order valence-electron chi connectivity index (χ1n) is 7.48. The van der Waals surface area contributed by atoms with Crippen LogP contribution in [-0.4, -0.2) is 61.0 Å². The van der Waals surface area contributed by atoms with Gasteiger partial charge in [0.15, 0.2) is 5.78 Å². The van der Waals surface area contributed by atoms with E-state index in [2.05, 4.69) is 4.90 Å². The molecule has 1 heterocycles. The van der Waals surface area contributed by atoms with Gasteiger partial charge in [-0.05, 0) is 12.8 Å². The molecule has 0 saturated carbocycles. The lowest BCUT2D eigenvalue weighted by atomic mass is 10.0. The van der Waals surface area contributed by atoms with Gasteiger partial charge >= 0.3 is 0 Å². The summed E-state index contributed by atoms with van der Waals surface area (Å²) in [5, 5.41) is 1.28. The van der Waals surface area contributed by atoms with Gasteiger partial charge in [-0.1, -0.05) is 30.3 Å². The van der Waals surface area contributed by atoms with Gasteiger partial charge in [0.1, 0.15) is 6.61 Å². The molecule has 2 rings (SSSR count). The topological polar surface area (TPSA) is 75.9 Å². The first-order chi connectivity index (χ1) is 10.6. The summed E-state index contributed by atoms with van der Waals surface area (Å²) in [6, 6.07) is 9.32. The molecule has 1 aliphatic rings. The van der Waals surface area contributed by atoms with Gasteiger partial charge in [-0.2, -0.15) is 0 Å². The molecule has 120 valence electrons. The number of methoxy groups -OCH3 is 1. The monoisotopic (exact) mass is 305 g/mol. The largest absolute Gasteiger partial charge is 0.375 e. The van der Waals surface area contributed by atoms with E-state index in [1.165, 1.54) is 12.1 Å². The Bertz CT molecular complexity index is 499. The summed E-state index contributed by atoms with van der Waals surface area (Å²) < 4.78 is 4.81. The number of ketones is 1. The highest BCUT2D eigenvalue weighted by atomic mass is 16.5. The third-order valence-corrected chi connectivity index (χ3v) is 3.97. The molecule has 1 aromatic carbocycles. The Morgan fingerprint density at radius 3 is 2.50 bits per heavy atom. The van der Waals surface area contributed by atoms with Crippen LogP contribution < -0.4 is 5.84 Å². The van der Waals surface area contributed by atoms with Crippen LogP contribution >= 0.6 is 0 Å². The fraction of sp³-hybridized carbons (Fsp3) is 0.500. The van der Waals surface area contributed by atoms with Crippen molar-refractivity contribution in [1.82, 2.24) is 9.91 Å². The van der Waals surface area contributed by atoms with Crippen LogP contribution in [0.1, 0.15) is 23.2 Å². The number of hydrogen-bond acceptors (Lipinski definition) is 5. The molecule has 0 bridgehead atoms. The molecule has 2 N–H and O–H groups in total. The minimum absolute atomic E-state index is 0.00318. The predicted octanol–water partition coefficient (Wildman–Crippen LogP) is 0.682. The minimum atomic E-state index is -0.207. The molecule has 1 aliphatic heterocycles. The summed E-state index contributed by atoms with van der Waals surface area (Å²) in [4.78, 5) is 26.0. The Hall–Kier alpha value is -1.76. The number of piperidine rings is 1. The van der Waals surface area contributed by atoms with Gasteiger partial charge in [0.2, 0.25) is 0 Å². The zero-order valence-corrected chi connectivity index (χ0v) is 12.9. The summed E-state index contributed by atoms with van der Waals surface area (Å²) >= 11 is 0. The van der Waals surface area contributed by atoms with Gasteiger partial charge < -0.3 is 4.74 Å². The Morgan fingerprint density at radius 1 is 1.27 bits per heavy atom. The van der Waals surface area contributed by atoms with E-state index in [1.807, 2.05) is 30.3 Å². The number of Topliss-reactive ketones (excluding diaryl/α,β-unsaturated/α-hetero) is 1. The van der Waals surface area contributed by atoms with E-state index < -0.39 is 0 Å². The summed E-state index contributed by atoms with van der Waals surface area (Å²) in [6.45, 7) is 1.94. The van der Waals surface area contributed by atoms with Crippen molar-refractivity contribution >= 4 is 11.7 Å². The molecule has 6 nitrogen and oxygen atoms in total. The number of benzene rings is 1. The molecule has 0 radical (unpaired) electrons. The summed E-state index contributed by atoms with van der Waals surface area (Å²) in [5.41, 5.74) is 0.736. The fourth-order valence-electron chi connectivity index (χ4n) is 2.68. The lowest BCUT2D eigenvalue weighted by Crippen LogP contribution is -2.52. The summed E-state index contributed by atoms with van der Waals surface area (Å²) in [6.07, 6.45) is 1.54. The minimum Gasteiger partial charge on any atom is -0.375 e. The van der Waals surface area contributed by atoms with Crippen LogP contribution in [0.2, 0.25) is 0 Å². The average molecular weight is 305 g/mol. The highest BCUT2D eigenvalue weighted by Gasteiger charge is 2.26. The van der Waals surface area contributed by atoms with Crippen LogP contribution in [0.5, 0.6) is 0 Å². The van der Waals surface area contributed by atoms with E-state index in [0.717, 1.165) is 31.5 Å². The maximum absolute atomic E-state index is 12.2. The van der Waals surface area contributed by atoms with Gasteiger partial charge in [-0.3, -0.25) is 19.5 Å². The molecular formula is C16H23N3O3. The van der Waals surface area contributed by atoms with Crippen molar-refractivity contribution in [2.45, 2.75) is 18.9 Å². The molecule has 22 heavy (non-hydrogen) atoms. The second kappa shape index (κ2) is 8.03. The first kappa shape index (κ1) is 16.6. The molecule has 0 aliphatic carbocycles. The summed E-state index contributed by atoms with van der Waals surface area (Å²) in [5.74, 6) is 5.75. The van der Waals surface area contributed by atoms with Crippen LogP contribution in [0.15, 0.2) is 30.3 Å². The highest BCUT2D eigenvalue weighted by Crippen LogP contribution is 2.15. The van der Waals surface area contributed by atoms with Gasteiger partial charge in [0, 0.05) is 25.8 Å². The number of ether oxygens (including phenoxy) is 1. The molecule has 0 spiro atoms. The fourth-order valence-corrected chi connectivity index (χ4v) is 2.68. The van der Waals surface area contributed by atoms with Gasteiger partial charge in [0.25, 0.3) is 5.91 Å². The van der Waals surface area contributed by atoms with E-state index in [-0.39, 0.29) is 24.3 Å². The second-order valence-corrected chi connectivity index (χ2v) is 5.53. The van der Waals surface area contributed by atoms with Gasteiger partial charge in [-0.15, -0.1) is 0 Å². The lowest BCUT2D eigenvalue weighted by Gasteiger charge is -2.35. The maximum atomic E-state index is 12.2. The second-order valence-electron chi connectivity index (χ2n) is 5.53. The zero-order valence-electron chi connectivity index (χ0n) is 12.9. The van der Waals surface area contributed by atoms with Crippen molar-refractivity contribution in [3.8, 4) is 0 Å². The summed E-state index contributed by atoms with van der Waals surface area (Å²) in [7, 11) is 1.48. The molecule has 1 fully saturated rings. The Balaban J connectivity index is 1.80. The number of carbonyl (C=O) groups excluding carboxylic acids is 2. The van der Waals surface area contributed by atoms with Crippen LogP contribution in [0, 0.1) is 0 Å². The number of likely N-dealkylation sites (tertiary alicyclic amines) is 1. The normalized spacial score (nSPS) is 16.5. The molecule has 0 aromatic heterocycles. The number of hydrazine groups is 1. The van der Waals surface area contributed by atoms with Gasteiger partial charge in [-0.25, -0.2) is 5.84 Å². The van der Waals surface area contributed by atoms with Crippen LogP contribution in [0.4, 0.5) is 0 Å². The van der Waals surface area contributed by atoms with Crippen molar-refractivity contribution in [3.05, 3.63) is 35.9 Å². The molecule has 1 amide bonds. The van der Waals surface area contributed by atoms with Crippen molar-refractivity contribution in [2.75, 3.05) is 33.4 Å². The van der Waals surface area contributed by atoms with Crippen LogP contribution in [-0.2, 0) is 9.53 Å². The first-order valence-corrected chi connectivity index (χ1v) is 7.48. The van der Waals surface area contributed by atoms with E-state index in [1.54, 1.807) is 0 Å².